The molecule has 0 amide bonds. The smallest absolute Gasteiger partial charge is 0.138 e. The van der Waals surface area contributed by atoms with Gasteiger partial charge in [0.25, 0.3) is 0 Å². The highest BCUT2D eigenvalue weighted by Crippen LogP contribution is 2.38. The van der Waals surface area contributed by atoms with E-state index in [-0.39, 0.29) is 12.4 Å². The minimum absolute atomic E-state index is 0. The van der Waals surface area contributed by atoms with Crippen LogP contribution in [0.5, 0.6) is 0 Å². The van der Waals surface area contributed by atoms with Gasteiger partial charge in [-0.15, -0.1) is 12.4 Å². The molecule has 4 heteroatoms. The molecule has 0 fully saturated rings. The van der Waals surface area contributed by atoms with Crippen LogP contribution in [0, 0.1) is 0 Å². The van der Waals surface area contributed by atoms with Crippen LogP contribution >= 0.6 is 24.0 Å². The van der Waals surface area contributed by atoms with Crippen LogP contribution in [0.4, 0.5) is 5.69 Å². The van der Waals surface area contributed by atoms with Gasteiger partial charge in [-0.1, -0.05) is 29.8 Å². The van der Waals surface area contributed by atoms with Crippen molar-refractivity contribution in [3.05, 3.63) is 53.9 Å². The molecule has 0 unspecified atom stereocenters. The lowest BCUT2D eigenvalue weighted by molar-refractivity contribution is 0.955. The minimum atomic E-state index is 0. The highest BCUT2D eigenvalue weighted by Gasteiger charge is 2.24. The summed E-state index contributed by atoms with van der Waals surface area (Å²) in [5, 5.41) is 0.598. The highest BCUT2D eigenvalue weighted by molar-refractivity contribution is 6.76. The van der Waals surface area contributed by atoms with Gasteiger partial charge in [-0.2, -0.15) is 0 Å². The molecule has 19 heavy (non-hydrogen) atoms. The monoisotopic (exact) mass is 290 g/mol. The maximum Gasteiger partial charge on any atom is 0.138 e. The third-order valence-electron chi connectivity index (χ3n) is 3.57. The van der Waals surface area contributed by atoms with E-state index in [0.29, 0.717) is 5.17 Å². The molecule has 0 atom stereocenters. The number of fused-ring (bicyclic) bond motifs is 2. The molecule has 0 N–H and O–H groups in total. The molecular formula is C15H12Cl2N2. The van der Waals surface area contributed by atoms with Gasteiger partial charge in [0.05, 0.1) is 17.1 Å². The summed E-state index contributed by atoms with van der Waals surface area (Å²) in [5.74, 6) is 0. The Morgan fingerprint density at radius 1 is 1.16 bits per heavy atom. The van der Waals surface area contributed by atoms with Crippen LogP contribution in [0.25, 0.3) is 11.3 Å². The molecule has 1 aliphatic carbocycles. The number of allylic oxidation sites excluding steroid dienone is 2. The van der Waals surface area contributed by atoms with Crippen LogP contribution in [-0.4, -0.2) is 9.74 Å². The Morgan fingerprint density at radius 2 is 2.00 bits per heavy atom. The Bertz CT molecular complexity index is 711. The van der Waals surface area contributed by atoms with Gasteiger partial charge in [-0.05, 0) is 36.6 Å². The van der Waals surface area contributed by atoms with Crippen molar-refractivity contribution >= 4 is 40.4 Å². The first kappa shape index (κ1) is 12.5. The molecule has 0 bridgehead atoms. The third-order valence-corrected chi connectivity index (χ3v) is 3.86. The lowest BCUT2D eigenvalue weighted by Crippen LogP contribution is -2.06. The number of benzene rings is 1. The molecule has 0 saturated heterocycles. The summed E-state index contributed by atoms with van der Waals surface area (Å²) in [5.41, 5.74) is 5.66. The molecule has 0 spiro atoms. The van der Waals surface area contributed by atoms with Crippen LogP contribution in [-0.2, 0) is 6.42 Å². The zero-order valence-electron chi connectivity index (χ0n) is 10.1. The second-order valence-corrected chi connectivity index (χ2v) is 4.97. The van der Waals surface area contributed by atoms with Gasteiger partial charge in [0, 0.05) is 11.8 Å². The number of nitrogens with zero attached hydrogens (tertiary/aromatic N) is 2. The number of aromatic nitrogens is 1. The molecule has 1 aromatic heterocycles. The Balaban J connectivity index is 0.00000110. The first-order valence-electron chi connectivity index (χ1n) is 6.09. The Hall–Kier alpha value is -1.51. The first-order chi connectivity index (χ1) is 8.84. The molecule has 2 nitrogen and oxygen atoms in total. The van der Waals surface area contributed by atoms with Crippen LogP contribution in [0.15, 0.2) is 47.6 Å². The maximum absolute atomic E-state index is 6.37. The summed E-state index contributed by atoms with van der Waals surface area (Å²) >= 11 is 6.37. The summed E-state index contributed by atoms with van der Waals surface area (Å²) in [6.45, 7) is 0. The van der Waals surface area contributed by atoms with E-state index < -0.39 is 0 Å². The van der Waals surface area contributed by atoms with Gasteiger partial charge >= 0.3 is 0 Å². The fourth-order valence-corrected chi connectivity index (χ4v) is 3.01. The molecule has 0 radical (unpaired) electrons. The van der Waals surface area contributed by atoms with Crippen molar-refractivity contribution in [3.63, 3.8) is 0 Å². The van der Waals surface area contributed by atoms with E-state index in [9.17, 15) is 0 Å². The number of hydrogen-bond acceptors (Lipinski definition) is 1. The average Bonchev–Trinajstić information content (AvgIpc) is 2.77. The Morgan fingerprint density at radius 3 is 2.89 bits per heavy atom. The van der Waals surface area contributed by atoms with Gasteiger partial charge in [-0.3, -0.25) is 0 Å². The van der Waals surface area contributed by atoms with E-state index in [1.807, 2.05) is 18.2 Å². The summed E-state index contributed by atoms with van der Waals surface area (Å²) in [4.78, 5) is 4.55. The standard InChI is InChI=1S/C15H11ClN2.ClH/c16-15-11-5-3-4-10-8-9-18(14(10)11)13-7-2-1-6-12(13)17-15;/h1-2,5-9H,3-4H2;1H. The molecule has 2 aromatic rings. The lowest BCUT2D eigenvalue weighted by Gasteiger charge is -2.15. The number of aliphatic imine (C=N–C) groups is 1. The van der Waals surface area contributed by atoms with Crippen molar-refractivity contribution in [2.45, 2.75) is 12.8 Å². The first-order valence-corrected chi connectivity index (χ1v) is 6.47. The molecule has 1 aliphatic heterocycles. The number of aryl methyl sites for hydroxylation is 1. The van der Waals surface area contributed by atoms with Crippen molar-refractivity contribution in [1.82, 2.24) is 4.57 Å². The molecule has 2 aliphatic rings. The van der Waals surface area contributed by atoms with Crippen LogP contribution in [0.1, 0.15) is 17.7 Å². The molecule has 96 valence electrons. The van der Waals surface area contributed by atoms with Crippen molar-refractivity contribution in [2.24, 2.45) is 4.99 Å². The largest absolute Gasteiger partial charge is 0.314 e. The number of para-hydroxylation sites is 2. The van der Waals surface area contributed by atoms with Crippen LogP contribution < -0.4 is 0 Å². The SMILES string of the molecule is Cl.ClC1=Nc2ccccc2-n2ccc3c2C1=CCC3. The van der Waals surface area contributed by atoms with Crippen molar-refractivity contribution in [1.29, 1.82) is 0 Å². The quantitative estimate of drug-likeness (QED) is 0.679. The minimum Gasteiger partial charge on any atom is -0.314 e. The summed E-state index contributed by atoms with van der Waals surface area (Å²) in [6, 6.07) is 10.3. The van der Waals surface area contributed by atoms with Crippen LogP contribution in [0.3, 0.4) is 0 Å². The summed E-state index contributed by atoms with van der Waals surface area (Å²) in [6.07, 6.45) is 6.43. The molecule has 0 saturated carbocycles. The predicted octanol–water partition coefficient (Wildman–Crippen LogP) is 4.51. The topological polar surface area (TPSA) is 17.3 Å². The molecular weight excluding hydrogens is 279 g/mol. The van der Waals surface area contributed by atoms with E-state index in [4.69, 9.17) is 11.6 Å². The fraction of sp³-hybridized carbons (Fsp3) is 0.133. The highest BCUT2D eigenvalue weighted by atomic mass is 35.5. The number of rotatable bonds is 0. The average molecular weight is 291 g/mol. The van der Waals surface area contributed by atoms with Crippen molar-refractivity contribution in [2.75, 3.05) is 0 Å². The van der Waals surface area contributed by atoms with E-state index >= 15 is 0 Å². The molecule has 4 rings (SSSR count). The maximum atomic E-state index is 6.37. The second-order valence-electron chi connectivity index (χ2n) is 4.61. The van der Waals surface area contributed by atoms with Gasteiger partial charge in [0.2, 0.25) is 0 Å². The fourth-order valence-electron chi connectivity index (χ4n) is 2.76. The van der Waals surface area contributed by atoms with Gasteiger partial charge < -0.3 is 4.57 Å². The predicted molar refractivity (Wildman–Crippen MR) is 82.3 cm³/mol. The zero-order valence-corrected chi connectivity index (χ0v) is 11.7. The van der Waals surface area contributed by atoms with E-state index in [1.165, 1.54) is 11.3 Å². The molecule has 1 aromatic carbocycles. The normalized spacial score (nSPS) is 15.4. The van der Waals surface area contributed by atoms with Crippen molar-refractivity contribution < 1.29 is 0 Å². The Kier molecular flexibility index (Phi) is 3.00. The lowest BCUT2D eigenvalue weighted by atomic mass is 9.98. The van der Waals surface area contributed by atoms with E-state index in [0.717, 1.165) is 29.8 Å². The summed E-state index contributed by atoms with van der Waals surface area (Å²) in [7, 11) is 0. The number of halogens is 2. The Labute approximate surface area is 122 Å². The molecule has 2 heterocycles. The van der Waals surface area contributed by atoms with E-state index in [1.54, 1.807) is 0 Å². The van der Waals surface area contributed by atoms with E-state index in [2.05, 4.69) is 34.0 Å². The summed E-state index contributed by atoms with van der Waals surface area (Å²) < 4.78 is 2.20. The number of hydrogen-bond donors (Lipinski definition) is 0. The van der Waals surface area contributed by atoms with Gasteiger partial charge in [0.15, 0.2) is 0 Å². The van der Waals surface area contributed by atoms with Crippen molar-refractivity contribution in [3.8, 4) is 5.69 Å². The van der Waals surface area contributed by atoms with Crippen LogP contribution in [0.2, 0.25) is 0 Å². The zero-order chi connectivity index (χ0) is 12.1. The van der Waals surface area contributed by atoms with Gasteiger partial charge in [-0.25, -0.2) is 4.99 Å². The van der Waals surface area contributed by atoms with Gasteiger partial charge in [0.1, 0.15) is 5.17 Å². The third kappa shape index (κ3) is 1.75. The second kappa shape index (κ2) is 4.55.